The van der Waals surface area contributed by atoms with Crippen molar-refractivity contribution in [3.63, 3.8) is 0 Å². The number of hydrogen-bond donors (Lipinski definition) is 1. The third-order valence-corrected chi connectivity index (χ3v) is 3.55. The van der Waals surface area contributed by atoms with Crippen LogP contribution < -0.4 is 10.1 Å². The number of para-hydroxylation sites is 1. The molecule has 112 valence electrons. The number of ether oxygens (including phenoxy) is 1. The minimum atomic E-state index is 0.789. The third-order valence-electron chi connectivity index (χ3n) is 3.55. The Hall–Kier alpha value is -1.80. The molecule has 2 rings (SSSR count). The van der Waals surface area contributed by atoms with E-state index in [0.29, 0.717) is 0 Å². The van der Waals surface area contributed by atoms with Gasteiger partial charge in [0.15, 0.2) is 0 Å². The fraction of sp³-hybridized carbons (Fsp3) is 0.368. The Bertz CT molecular complexity index is 534. The van der Waals surface area contributed by atoms with Gasteiger partial charge in [0.25, 0.3) is 0 Å². The summed E-state index contributed by atoms with van der Waals surface area (Å²) in [5.74, 6) is 1.00. The van der Waals surface area contributed by atoms with Gasteiger partial charge in [0.1, 0.15) is 5.75 Å². The van der Waals surface area contributed by atoms with Gasteiger partial charge in [-0.25, -0.2) is 0 Å². The van der Waals surface area contributed by atoms with E-state index >= 15 is 0 Å². The van der Waals surface area contributed by atoms with Crippen LogP contribution in [0.1, 0.15) is 29.5 Å². The molecule has 0 aliphatic heterocycles. The van der Waals surface area contributed by atoms with Crippen molar-refractivity contribution in [1.29, 1.82) is 0 Å². The van der Waals surface area contributed by atoms with Crippen molar-refractivity contribution in [1.82, 2.24) is 5.32 Å². The Labute approximate surface area is 128 Å². The Morgan fingerprint density at radius 1 is 0.905 bits per heavy atom. The first kappa shape index (κ1) is 15.6. The lowest BCUT2D eigenvalue weighted by Crippen LogP contribution is -2.15. The van der Waals surface area contributed by atoms with E-state index in [0.717, 1.165) is 38.3 Å². The topological polar surface area (TPSA) is 21.3 Å². The fourth-order valence-corrected chi connectivity index (χ4v) is 2.19. The molecule has 0 atom stereocenters. The molecular weight excluding hydrogens is 258 g/mol. The second kappa shape index (κ2) is 8.48. The zero-order valence-electron chi connectivity index (χ0n) is 13.1. The molecule has 0 spiro atoms. The van der Waals surface area contributed by atoms with Gasteiger partial charge in [0.05, 0.1) is 6.61 Å². The number of nitrogens with one attached hydrogen (secondary N) is 1. The Balaban J connectivity index is 1.54. The van der Waals surface area contributed by atoms with Gasteiger partial charge >= 0.3 is 0 Å². The van der Waals surface area contributed by atoms with Crippen LogP contribution in [0.4, 0.5) is 0 Å². The first-order chi connectivity index (χ1) is 10.3. The molecule has 2 heteroatoms. The van der Waals surface area contributed by atoms with E-state index in [2.05, 4.69) is 49.5 Å². The SMILES string of the molecule is Cc1ccc(CNCCCCOc2ccccc2C)cc1. The molecule has 0 aliphatic carbocycles. The summed E-state index contributed by atoms with van der Waals surface area (Å²) < 4.78 is 5.79. The number of rotatable bonds is 8. The van der Waals surface area contributed by atoms with E-state index < -0.39 is 0 Å². The summed E-state index contributed by atoms with van der Waals surface area (Å²) in [6.45, 7) is 6.96. The maximum Gasteiger partial charge on any atom is 0.122 e. The molecule has 0 saturated heterocycles. The van der Waals surface area contributed by atoms with Gasteiger partial charge < -0.3 is 10.1 Å². The number of hydrogen-bond acceptors (Lipinski definition) is 2. The lowest BCUT2D eigenvalue weighted by atomic mass is 10.1. The van der Waals surface area contributed by atoms with Crippen LogP contribution in [0.5, 0.6) is 5.75 Å². The molecule has 0 unspecified atom stereocenters. The molecule has 2 nitrogen and oxygen atoms in total. The molecule has 2 aromatic rings. The van der Waals surface area contributed by atoms with Crippen molar-refractivity contribution >= 4 is 0 Å². The van der Waals surface area contributed by atoms with Gasteiger partial charge in [0, 0.05) is 6.54 Å². The second-order valence-corrected chi connectivity index (χ2v) is 5.48. The molecule has 0 radical (unpaired) electrons. The normalized spacial score (nSPS) is 10.6. The van der Waals surface area contributed by atoms with Crippen LogP contribution >= 0.6 is 0 Å². The lowest BCUT2D eigenvalue weighted by molar-refractivity contribution is 0.304. The molecule has 0 heterocycles. The predicted molar refractivity (Wildman–Crippen MR) is 88.8 cm³/mol. The van der Waals surface area contributed by atoms with Crippen LogP contribution in [-0.2, 0) is 6.54 Å². The minimum absolute atomic E-state index is 0.789. The minimum Gasteiger partial charge on any atom is -0.493 e. The first-order valence-corrected chi connectivity index (χ1v) is 7.70. The Morgan fingerprint density at radius 2 is 1.67 bits per heavy atom. The van der Waals surface area contributed by atoms with E-state index in [1.165, 1.54) is 16.7 Å². The highest BCUT2D eigenvalue weighted by Crippen LogP contribution is 2.16. The van der Waals surface area contributed by atoms with Gasteiger partial charge in [-0.05, 0) is 50.4 Å². The highest BCUT2D eigenvalue weighted by molar-refractivity contribution is 5.31. The summed E-state index contributed by atoms with van der Waals surface area (Å²) in [5.41, 5.74) is 3.86. The standard InChI is InChI=1S/C19H25NO/c1-16-9-11-18(12-10-16)15-20-13-5-6-14-21-19-8-4-3-7-17(19)2/h3-4,7-12,20H,5-6,13-15H2,1-2H3. The third kappa shape index (κ3) is 5.60. The molecule has 1 N–H and O–H groups in total. The molecule has 21 heavy (non-hydrogen) atoms. The monoisotopic (exact) mass is 283 g/mol. The van der Waals surface area contributed by atoms with Crippen LogP contribution in [0.2, 0.25) is 0 Å². The maximum atomic E-state index is 5.79. The van der Waals surface area contributed by atoms with Crippen molar-refractivity contribution in [2.45, 2.75) is 33.2 Å². The fourth-order valence-electron chi connectivity index (χ4n) is 2.19. The molecule has 0 aliphatic rings. The highest BCUT2D eigenvalue weighted by atomic mass is 16.5. The summed E-state index contributed by atoms with van der Waals surface area (Å²) in [5, 5.41) is 3.48. The molecule has 0 amide bonds. The van der Waals surface area contributed by atoms with Crippen LogP contribution in [0.15, 0.2) is 48.5 Å². The lowest BCUT2D eigenvalue weighted by Gasteiger charge is -2.09. The van der Waals surface area contributed by atoms with Crippen LogP contribution in [0, 0.1) is 13.8 Å². The average Bonchev–Trinajstić information content (AvgIpc) is 2.50. The predicted octanol–water partition coefficient (Wildman–Crippen LogP) is 4.25. The smallest absolute Gasteiger partial charge is 0.122 e. The Morgan fingerprint density at radius 3 is 2.43 bits per heavy atom. The number of benzene rings is 2. The van der Waals surface area contributed by atoms with Crippen molar-refractivity contribution in [2.75, 3.05) is 13.2 Å². The van der Waals surface area contributed by atoms with Gasteiger partial charge in [-0.15, -0.1) is 0 Å². The van der Waals surface area contributed by atoms with Crippen LogP contribution in [-0.4, -0.2) is 13.2 Å². The molecule has 0 aromatic heterocycles. The quantitative estimate of drug-likeness (QED) is 0.731. The van der Waals surface area contributed by atoms with Gasteiger partial charge in [-0.1, -0.05) is 48.0 Å². The van der Waals surface area contributed by atoms with E-state index in [1.807, 2.05) is 18.2 Å². The number of aryl methyl sites for hydroxylation is 2. The van der Waals surface area contributed by atoms with Gasteiger partial charge in [0.2, 0.25) is 0 Å². The largest absolute Gasteiger partial charge is 0.493 e. The van der Waals surface area contributed by atoms with Gasteiger partial charge in [-0.2, -0.15) is 0 Å². The van der Waals surface area contributed by atoms with Crippen LogP contribution in [0.25, 0.3) is 0 Å². The van der Waals surface area contributed by atoms with Crippen molar-refractivity contribution in [2.24, 2.45) is 0 Å². The van der Waals surface area contributed by atoms with E-state index in [9.17, 15) is 0 Å². The van der Waals surface area contributed by atoms with E-state index in [-0.39, 0.29) is 0 Å². The van der Waals surface area contributed by atoms with Crippen molar-refractivity contribution in [3.8, 4) is 5.75 Å². The summed E-state index contributed by atoms with van der Waals surface area (Å²) in [7, 11) is 0. The van der Waals surface area contributed by atoms with Crippen molar-refractivity contribution in [3.05, 3.63) is 65.2 Å². The van der Waals surface area contributed by atoms with Crippen molar-refractivity contribution < 1.29 is 4.74 Å². The summed E-state index contributed by atoms with van der Waals surface area (Å²) in [6, 6.07) is 16.9. The zero-order valence-corrected chi connectivity index (χ0v) is 13.1. The molecular formula is C19H25NO. The van der Waals surface area contributed by atoms with E-state index in [4.69, 9.17) is 4.74 Å². The second-order valence-electron chi connectivity index (χ2n) is 5.48. The first-order valence-electron chi connectivity index (χ1n) is 7.70. The molecule has 2 aromatic carbocycles. The molecule has 0 bridgehead atoms. The summed E-state index contributed by atoms with van der Waals surface area (Å²) in [4.78, 5) is 0. The van der Waals surface area contributed by atoms with E-state index in [1.54, 1.807) is 0 Å². The zero-order chi connectivity index (χ0) is 14.9. The summed E-state index contributed by atoms with van der Waals surface area (Å²) >= 11 is 0. The van der Waals surface area contributed by atoms with Crippen LogP contribution in [0.3, 0.4) is 0 Å². The number of unbranched alkanes of at least 4 members (excludes halogenated alkanes) is 1. The van der Waals surface area contributed by atoms with Gasteiger partial charge in [-0.3, -0.25) is 0 Å². The molecule has 0 fully saturated rings. The maximum absolute atomic E-state index is 5.79. The summed E-state index contributed by atoms with van der Waals surface area (Å²) in [6.07, 6.45) is 2.22. The highest BCUT2D eigenvalue weighted by Gasteiger charge is 1.97. The average molecular weight is 283 g/mol. The molecule has 0 saturated carbocycles. The Kier molecular flexibility index (Phi) is 6.29.